The monoisotopic (exact) mass is 345 g/mol. The van der Waals surface area contributed by atoms with E-state index in [0.717, 1.165) is 0 Å². The summed E-state index contributed by atoms with van der Waals surface area (Å²) in [4.78, 5) is 11.6. The molecule has 0 aliphatic rings. The van der Waals surface area contributed by atoms with Crippen molar-refractivity contribution in [1.82, 2.24) is 4.72 Å². The molecule has 0 aliphatic carbocycles. The SMILES string of the molecule is COCCOCCCNS(=O)(=O)c1ccc(C(=O)OC)cc1C. The Morgan fingerprint density at radius 2 is 1.91 bits per heavy atom. The van der Waals surface area contributed by atoms with Gasteiger partial charge in [-0.1, -0.05) is 0 Å². The maximum absolute atomic E-state index is 12.3. The van der Waals surface area contributed by atoms with Crippen LogP contribution >= 0.6 is 0 Å². The maximum Gasteiger partial charge on any atom is 0.337 e. The standard InChI is InChI=1S/C15H23NO6S/c1-12-11-13(15(17)21-3)5-6-14(12)23(18,19)16-7-4-8-22-10-9-20-2/h5-6,11,16H,4,7-10H2,1-3H3. The number of ether oxygens (including phenoxy) is 3. The van der Waals surface area contributed by atoms with Gasteiger partial charge in [0.05, 0.1) is 30.8 Å². The zero-order valence-electron chi connectivity index (χ0n) is 13.6. The molecule has 8 heteroatoms. The van der Waals surface area contributed by atoms with Crippen LogP contribution in [0, 0.1) is 6.92 Å². The first kappa shape index (κ1) is 19.6. The van der Waals surface area contributed by atoms with Gasteiger partial charge in [-0.15, -0.1) is 0 Å². The Morgan fingerprint density at radius 3 is 2.52 bits per heavy atom. The number of hydrogen-bond acceptors (Lipinski definition) is 6. The minimum Gasteiger partial charge on any atom is -0.465 e. The zero-order chi connectivity index (χ0) is 17.3. The van der Waals surface area contributed by atoms with Crippen molar-refractivity contribution in [2.75, 3.05) is 40.6 Å². The number of esters is 1. The number of rotatable bonds is 10. The molecule has 23 heavy (non-hydrogen) atoms. The third-order valence-electron chi connectivity index (χ3n) is 3.07. The highest BCUT2D eigenvalue weighted by molar-refractivity contribution is 7.89. The Kier molecular flexibility index (Phi) is 8.18. The van der Waals surface area contributed by atoms with Crippen molar-refractivity contribution in [3.05, 3.63) is 29.3 Å². The summed E-state index contributed by atoms with van der Waals surface area (Å²) in [6, 6.07) is 4.33. The molecule has 0 fully saturated rings. The summed E-state index contributed by atoms with van der Waals surface area (Å²) in [6.07, 6.45) is 0.558. The lowest BCUT2D eigenvalue weighted by Crippen LogP contribution is -2.26. The molecule has 0 saturated heterocycles. The second kappa shape index (κ2) is 9.61. The van der Waals surface area contributed by atoms with Crippen LogP contribution in [0.3, 0.4) is 0 Å². The highest BCUT2D eigenvalue weighted by Gasteiger charge is 2.17. The molecule has 1 N–H and O–H groups in total. The highest BCUT2D eigenvalue weighted by atomic mass is 32.2. The van der Waals surface area contributed by atoms with Crippen LogP contribution in [0.1, 0.15) is 22.3 Å². The molecule has 0 saturated carbocycles. The number of aryl methyl sites for hydroxylation is 1. The van der Waals surface area contributed by atoms with Gasteiger partial charge in [-0.05, 0) is 37.1 Å². The van der Waals surface area contributed by atoms with Gasteiger partial charge in [-0.25, -0.2) is 17.9 Å². The van der Waals surface area contributed by atoms with Crippen LogP contribution in [0.4, 0.5) is 0 Å². The van der Waals surface area contributed by atoms with Gasteiger partial charge >= 0.3 is 5.97 Å². The molecule has 0 spiro atoms. The number of carbonyl (C=O) groups is 1. The smallest absolute Gasteiger partial charge is 0.337 e. The van der Waals surface area contributed by atoms with E-state index in [1.165, 1.54) is 25.3 Å². The van der Waals surface area contributed by atoms with E-state index in [-0.39, 0.29) is 11.4 Å². The van der Waals surface area contributed by atoms with Gasteiger partial charge in [-0.2, -0.15) is 0 Å². The molecular weight excluding hydrogens is 322 g/mol. The van der Waals surface area contributed by atoms with Gasteiger partial charge in [0.2, 0.25) is 10.0 Å². The zero-order valence-corrected chi connectivity index (χ0v) is 14.4. The Hall–Kier alpha value is -1.48. The largest absolute Gasteiger partial charge is 0.465 e. The van der Waals surface area contributed by atoms with Gasteiger partial charge in [0.15, 0.2) is 0 Å². The second-order valence-corrected chi connectivity index (χ2v) is 6.56. The van der Waals surface area contributed by atoms with Crippen LogP contribution < -0.4 is 4.72 Å². The Labute approximate surface area is 137 Å². The molecule has 1 aromatic carbocycles. The third kappa shape index (κ3) is 6.26. The molecule has 0 bridgehead atoms. The van der Waals surface area contributed by atoms with Crippen molar-refractivity contribution in [3.63, 3.8) is 0 Å². The number of carbonyl (C=O) groups excluding carboxylic acids is 1. The first-order valence-electron chi connectivity index (χ1n) is 7.17. The van der Waals surface area contributed by atoms with Crippen molar-refractivity contribution in [3.8, 4) is 0 Å². The average molecular weight is 345 g/mol. The lowest BCUT2D eigenvalue weighted by Gasteiger charge is -2.10. The van der Waals surface area contributed by atoms with Crippen LogP contribution in [0.25, 0.3) is 0 Å². The fourth-order valence-electron chi connectivity index (χ4n) is 1.90. The van der Waals surface area contributed by atoms with Gasteiger partial charge < -0.3 is 14.2 Å². The topological polar surface area (TPSA) is 90.9 Å². The number of methoxy groups -OCH3 is 2. The van der Waals surface area contributed by atoms with E-state index >= 15 is 0 Å². The number of nitrogens with one attached hydrogen (secondary N) is 1. The van der Waals surface area contributed by atoms with Gasteiger partial charge in [0.1, 0.15) is 0 Å². The van der Waals surface area contributed by atoms with E-state index in [2.05, 4.69) is 9.46 Å². The predicted molar refractivity (Wildman–Crippen MR) is 85.0 cm³/mol. The van der Waals surface area contributed by atoms with Crippen molar-refractivity contribution >= 4 is 16.0 Å². The van der Waals surface area contributed by atoms with Gasteiger partial charge in [0.25, 0.3) is 0 Å². The molecule has 130 valence electrons. The summed E-state index contributed by atoms with van der Waals surface area (Å²) in [5, 5.41) is 0. The maximum atomic E-state index is 12.3. The quantitative estimate of drug-likeness (QED) is 0.505. The molecule has 0 radical (unpaired) electrons. The second-order valence-electron chi connectivity index (χ2n) is 4.83. The number of benzene rings is 1. The van der Waals surface area contributed by atoms with E-state index in [0.29, 0.717) is 37.4 Å². The molecule has 1 aromatic rings. The van der Waals surface area contributed by atoms with E-state index < -0.39 is 16.0 Å². The lowest BCUT2D eigenvalue weighted by molar-refractivity contribution is 0.0600. The number of hydrogen-bond donors (Lipinski definition) is 1. The van der Waals surface area contributed by atoms with Crippen molar-refractivity contribution < 1.29 is 27.4 Å². The minimum absolute atomic E-state index is 0.144. The average Bonchev–Trinajstić information content (AvgIpc) is 2.52. The van der Waals surface area contributed by atoms with Crippen LogP contribution in [0.2, 0.25) is 0 Å². The van der Waals surface area contributed by atoms with E-state index in [4.69, 9.17) is 9.47 Å². The van der Waals surface area contributed by atoms with Crippen LogP contribution in [0.15, 0.2) is 23.1 Å². The fraction of sp³-hybridized carbons (Fsp3) is 0.533. The third-order valence-corrected chi connectivity index (χ3v) is 4.70. The Bertz CT molecular complexity index is 614. The summed E-state index contributed by atoms with van der Waals surface area (Å²) in [7, 11) is -0.755. The summed E-state index contributed by atoms with van der Waals surface area (Å²) in [5.41, 5.74) is 0.798. The normalized spacial score (nSPS) is 11.4. The van der Waals surface area contributed by atoms with E-state index in [1.807, 2.05) is 0 Å². The molecular formula is C15H23NO6S. The highest BCUT2D eigenvalue weighted by Crippen LogP contribution is 2.17. The van der Waals surface area contributed by atoms with Crippen molar-refractivity contribution in [2.45, 2.75) is 18.2 Å². The fourth-order valence-corrected chi connectivity index (χ4v) is 3.20. The summed E-state index contributed by atoms with van der Waals surface area (Å²) >= 11 is 0. The molecule has 0 aromatic heterocycles. The predicted octanol–water partition coefficient (Wildman–Crippen LogP) is 1.11. The molecule has 0 amide bonds. The Balaban J connectivity index is 2.58. The first-order valence-corrected chi connectivity index (χ1v) is 8.66. The molecule has 0 heterocycles. The van der Waals surface area contributed by atoms with E-state index in [1.54, 1.807) is 14.0 Å². The molecule has 0 aliphatic heterocycles. The molecule has 0 unspecified atom stereocenters. The van der Waals surface area contributed by atoms with Gasteiger partial charge in [0, 0.05) is 20.3 Å². The minimum atomic E-state index is -3.62. The molecule has 7 nitrogen and oxygen atoms in total. The van der Waals surface area contributed by atoms with Crippen molar-refractivity contribution in [1.29, 1.82) is 0 Å². The summed E-state index contributed by atoms with van der Waals surface area (Å²) in [6.45, 7) is 3.35. The van der Waals surface area contributed by atoms with Crippen LogP contribution in [-0.2, 0) is 24.2 Å². The summed E-state index contributed by atoms with van der Waals surface area (Å²) in [5.74, 6) is -0.502. The van der Waals surface area contributed by atoms with Crippen LogP contribution in [-0.4, -0.2) is 55.0 Å². The Morgan fingerprint density at radius 1 is 1.17 bits per heavy atom. The first-order chi connectivity index (χ1) is 10.9. The van der Waals surface area contributed by atoms with Gasteiger partial charge in [-0.3, -0.25) is 0 Å². The van der Waals surface area contributed by atoms with E-state index in [9.17, 15) is 13.2 Å². The lowest BCUT2D eigenvalue weighted by atomic mass is 10.1. The molecule has 1 rings (SSSR count). The molecule has 0 atom stereocenters. The van der Waals surface area contributed by atoms with Crippen LogP contribution in [0.5, 0.6) is 0 Å². The van der Waals surface area contributed by atoms with Crippen molar-refractivity contribution in [2.24, 2.45) is 0 Å². The number of sulfonamides is 1. The summed E-state index contributed by atoms with van der Waals surface area (Å²) < 4.78 is 41.7.